The van der Waals surface area contributed by atoms with Gasteiger partial charge < -0.3 is 10.8 Å². The SMILES string of the molecule is CC1(C)CCC(CCO)(C(C)(C)N)c2ccccc21. The third kappa shape index (κ3) is 2.21. The first-order chi connectivity index (χ1) is 8.74. The van der Waals surface area contributed by atoms with E-state index >= 15 is 0 Å². The molecule has 19 heavy (non-hydrogen) atoms. The second-order valence-electron chi connectivity index (χ2n) is 7.21. The van der Waals surface area contributed by atoms with Crippen molar-refractivity contribution in [3.05, 3.63) is 35.4 Å². The first-order valence-electron chi connectivity index (χ1n) is 7.24. The minimum Gasteiger partial charge on any atom is -0.396 e. The van der Waals surface area contributed by atoms with Gasteiger partial charge in [0.05, 0.1) is 0 Å². The van der Waals surface area contributed by atoms with Gasteiger partial charge in [-0.2, -0.15) is 0 Å². The van der Waals surface area contributed by atoms with Crippen molar-refractivity contribution in [3.63, 3.8) is 0 Å². The number of hydrogen-bond acceptors (Lipinski definition) is 2. The molecule has 0 saturated heterocycles. The molecule has 106 valence electrons. The molecule has 0 heterocycles. The van der Waals surface area contributed by atoms with Crippen molar-refractivity contribution in [3.8, 4) is 0 Å². The number of hydrogen-bond donors (Lipinski definition) is 2. The largest absolute Gasteiger partial charge is 0.396 e. The number of aliphatic hydroxyl groups is 1. The van der Waals surface area contributed by atoms with E-state index in [0.717, 1.165) is 19.3 Å². The minimum atomic E-state index is -0.331. The third-order valence-electron chi connectivity index (χ3n) is 5.12. The van der Waals surface area contributed by atoms with E-state index in [2.05, 4.69) is 52.0 Å². The second kappa shape index (κ2) is 4.60. The van der Waals surface area contributed by atoms with Gasteiger partial charge in [-0.25, -0.2) is 0 Å². The number of nitrogens with two attached hydrogens (primary N) is 1. The topological polar surface area (TPSA) is 46.2 Å². The zero-order valence-corrected chi connectivity index (χ0v) is 12.7. The first kappa shape index (κ1) is 14.5. The summed E-state index contributed by atoms with van der Waals surface area (Å²) < 4.78 is 0. The highest BCUT2D eigenvalue weighted by Gasteiger charge is 2.49. The molecular weight excluding hydrogens is 234 g/mol. The molecule has 1 atom stereocenters. The summed E-state index contributed by atoms with van der Waals surface area (Å²) in [5.74, 6) is 0. The van der Waals surface area contributed by atoms with Crippen molar-refractivity contribution >= 4 is 0 Å². The third-order valence-corrected chi connectivity index (χ3v) is 5.12. The van der Waals surface area contributed by atoms with Crippen LogP contribution in [0.4, 0.5) is 0 Å². The fourth-order valence-corrected chi connectivity index (χ4v) is 3.73. The Kier molecular flexibility index (Phi) is 3.53. The van der Waals surface area contributed by atoms with Crippen LogP contribution in [-0.4, -0.2) is 17.3 Å². The Morgan fingerprint density at radius 1 is 1.16 bits per heavy atom. The van der Waals surface area contributed by atoms with Crippen LogP contribution in [-0.2, 0) is 10.8 Å². The Hall–Kier alpha value is -0.860. The maximum Gasteiger partial charge on any atom is 0.0440 e. The van der Waals surface area contributed by atoms with Crippen LogP contribution in [0.3, 0.4) is 0 Å². The molecule has 1 aliphatic rings. The molecule has 0 radical (unpaired) electrons. The Bertz CT molecular complexity index is 459. The highest BCUT2D eigenvalue weighted by molar-refractivity contribution is 5.44. The van der Waals surface area contributed by atoms with Crippen LogP contribution in [0.25, 0.3) is 0 Å². The lowest BCUT2D eigenvalue weighted by atomic mass is 9.54. The summed E-state index contributed by atoms with van der Waals surface area (Å²) in [6, 6.07) is 8.64. The van der Waals surface area contributed by atoms with Crippen molar-refractivity contribution in [2.24, 2.45) is 5.73 Å². The summed E-state index contributed by atoms with van der Waals surface area (Å²) in [7, 11) is 0. The molecule has 0 aliphatic heterocycles. The van der Waals surface area contributed by atoms with Gasteiger partial charge in [0, 0.05) is 17.6 Å². The molecule has 3 N–H and O–H groups in total. The Morgan fingerprint density at radius 3 is 2.26 bits per heavy atom. The van der Waals surface area contributed by atoms with Gasteiger partial charge in [0.15, 0.2) is 0 Å². The lowest BCUT2D eigenvalue weighted by Crippen LogP contribution is -2.57. The first-order valence-corrected chi connectivity index (χ1v) is 7.24. The summed E-state index contributed by atoms with van der Waals surface area (Å²) >= 11 is 0. The molecule has 0 fully saturated rings. The average Bonchev–Trinajstić information content (AvgIpc) is 2.32. The van der Waals surface area contributed by atoms with E-state index in [4.69, 9.17) is 5.73 Å². The lowest BCUT2D eigenvalue weighted by Gasteiger charge is -2.52. The van der Waals surface area contributed by atoms with Gasteiger partial charge in [0.1, 0.15) is 0 Å². The summed E-state index contributed by atoms with van der Waals surface area (Å²) in [6.07, 6.45) is 2.90. The molecule has 1 aromatic rings. The number of benzene rings is 1. The van der Waals surface area contributed by atoms with Gasteiger partial charge in [-0.05, 0) is 49.7 Å². The van der Waals surface area contributed by atoms with Crippen molar-refractivity contribution < 1.29 is 5.11 Å². The summed E-state index contributed by atoms with van der Waals surface area (Å²) in [6.45, 7) is 8.99. The highest BCUT2D eigenvalue weighted by atomic mass is 16.3. The zero-order valence-electron chi connectivity index (χ0n) is 12.7. The van der Waals surface area contributed by atoms with E-state index in [-0.39, 0.29) is 23.0 Å². The highest BCUT2D eigenvalue weighted by Crippen LogP contribution is 2.51. The van der Waals surface area contributed by atoms with Gasteiger partial charge in [0.2, 0.25) is 0 Å². The summed E-state index contributed by atoms with van der Waals surface area (Å²) in [5.41, 5.74) is 9.01. The number of fused-ring (bicyclic) bond motifs is 1. The van der Waals surface area contributed by atoms with Gasteiger partial charge >= 0.3 is 0 Å². The van der Waals surface area contributed by atoms with E-state index in [9.17, 15) is 5.11 Å². The summed E-state index contributed by atoms with van der Waals surface area (Å²) in [4.78, 5) is 0. The molecular formula is C17H27NO. The molecule has 0 amide bonds. The molecule has 1 aromatic carbocycles. The van der Waals surface area contributed by atoms with Gasteiger partial charge in [0.25, 0.3) is 0 Å². The number of rotatable bonds is 3. The van der Waals surface area contributed by atoms with Crippen molar-refractivity contribution in [1.82, 2.24) is 0 Å². The Morgan fingerprint density at radius 2 is 1.74 bits per heavy atom. The van der Waals surface area contributed by atoms with Gasteiger partial charge in [-0.1, -0.05) is 38.1 Å². The predicted octanol–water partition coefficient (Wildman–Crippen LogP) is 3.12. The molecule has 0 spiro atoms. The van der Waals surface area contributed by atoms with Crippen LogP contribution >= 0.6 is 0 Å². The predicted molar refractivity (Wildman–Crippen MR) is 80.3 cm³/mol. The lowest BCUT2D eigenvalue weighted by molar-refractivity contribution is 0.140. The molecule has 2 heteroatoms. The van der Waals surface area contributed by atoms with E-state index in [0.29, 0.717) is 0 Å². The van der Waals surface area contributed by atoms with E-state index in [1.54, 1.807) is 0 Å². The van der Waals surface area contributed by atoms with E-state index < -0.39 is 0 Å². The molecule has 0 aromatic heterocycles. The average molecular weight is 261 g/mol. The Labute approximate surface area is 117 Å². The van der Waals surface area contributed by atoms with Crippen molar-refractivity contribution in [2.75, 3.05) is 6.61 Å². The molecule has 2 nitrogen and oxygen atoms in total. The smallest absolute Gasteiger partial charge is 0.0440 e. The van der Waals surface area contributed by atoms with Crippen LogP contribution in [0.1, 0.15) is 58.1 Å². The van der Waals surface area contributed by atoms with Crippen LogP contribution in [0.5, 0.6) is 0 Å². The molecule has 0 saturated carbocycles. The maximum atomic E-state index is 9.55. The second-order valence-corrected chi connectivity index (χ2v) is 7.21. The Balaban J connectivity index is 2.65. The van der Waals surface area contributed by atoms with Gasteiger partial charge in [-0.15, -0.1) is 0 Å². The van der Waals surface area contributed by atoms with Crippen molar-refractivity contribution in [1.29, 1.82) is 0 Å². The fourth-order valence-electron chi connectivity index (χ4n) is 3.73. The minimum absolute atomic E-state index is 0.117. The molecule has 1 unspecified atom stereocenters. The maximum absolute atomic E-state index is 9.55. The van der Waals surface area contributed by atoms with Gasteiger partial charge in [-0.3, -0.25) is 0 Å². The quantitative estimate of drug-likeness (QED) is 0.878. The van der Waals surface area contributed by atoms with E-state index in [1.807, 2.05) is 0 Å². The summed E-state index contributed by atoms with van der Waals surface area (Å²) in [5, 5.41) is 9.55. The zero-order chi connectivity index (χ0) is 14.3. The van der Waals surface area contributed by atoms with Crippen LogP contribution in [0, 0.1) is 0 Å². The standard InChI is InChI=1S/C17H27NO/c1-15(2)9-10-17(11-12-19,16(3,4)18)14-8-6-5-7-13(14)15/h5-8,19H,9-12,18H2,1-4H3. The normalized spacial score (nSPS) is 26.0. The molecule has 0 bridgehead atoms. The monoisotopic (exact) mass is 261 g/mol. The van der Waals surface area contributed by atoms with Crippen molar-refractivity contribution in [2.45, 2.75) is 63.3 Å². The number of aliphatic hydroxyl groups excluding tert-OH is 1. The fraction of sp³-hybridized carbons (Fsp3) is 0.647. The van der Waals surface area contributed by atoms with E-state index in [1.165, 1.54) is 11.1 Å². The van der Waals surface area contributed by atoms with Crippen LogP contribution in [0.2, 0.25) is 0 Å². The van der Waals surface area contributed by atoms with Crippen LogP contribution in [0.15, 0.2) is 24.3 Å². The molecule has 1 aliphatic carbocycles. The van der Waals surface area contributed by atoms with Crippen LogP contribution < -0.4 is 5.73 Å². The molecule has 2 rings (SSSR count).